The van der Waals surface area contributed by atoms with Crippen molar-refractivity contribution >= 4 is 23.7 Å². The lowest BCUT2D eigenvalue weighted by atomic mass is 9.97. The standard InChI is InChI=1S/C19H18F3N7O3.C6H10F2.C3H4F2O/c20-19(21,22)13-5-11(17(30)26-13)3-9-4-14-25-12(8-29(14)24-6-9)7-23-18(31)16-15(10-1-2-10)27-32-28-16;7-6(8)4-2-1-3-5-6;1-3(4,5)2-6/h4,6,8,10-11,13H,1-3,5,7H2,(H,23,31)(H,26,30);1-5H2;2H,1H3. The lowest BCUT2D eigenvalue weighted by molar-refractivity contribution is -0.154. The van der Waals surface area contributed by atoms with E-state index in [-0.39, 0.29) is 43.8 Å². The van der Waals surface area contributed by atoms with Crippen LogP contribution in [0, 0.1) is 5.92 Å². The van der Waals surface area contributed by atoms with Gasteiger partial charge in [-0.15, -0.1) is 0 Å². The Morgan fingerprint density at radius 1 is 1.15 bits per heavy atom. The molecule has 0 aromatic carbocycles. The Bertz CT molecular complexity index is 1510. The fourth-order valence-electron chi connectivity index (χ4n) is 4.88. The molecule has 0 spiro atoms. The number of alkyl halides is 7. The fourth-order valence-corrected chi connectivity index (χ4v) is 4.88. The van der Waals surface area contributed by atoms with E-state index in [0.29, 0.717) is 42.4 Å². The van der Waals surface area contributed by atoms with Crippen molar-refractivity contribution in [2.75, 3.05) is 0 Å². The summed E-state index contributed by atoms with van der Waals surface area (Å²) >= 11 is 0. The normalized spacial score (nSPS) is 21.0. The van der Waals surface area contributed by atoms with Gasteiger partial charge in [-0.25, -0.2) is 22.9 Å². The molecule has 46 heavy (non-hydrogen) atoms. The highest BCUT2D eigenvalue weighted by molar-refractivity contribution is 5.93. The molecule has 0 radical (unpaired) electrons. The average Bonchev–Trinajstić information content (AvgIpc) is 3.37. The lowest BCUT2D eigenvalue weighted by Gasteiger charge is -2.20. The highest BCUT2D eigenvalue weighted by Crippen LogP contribution is 2.40. The number of aromatic nitrogens is 5. The first-order valence-corrected chi connectivity index (χ1v) is 14.6. The molecule has 2 N–H and O–H groups in total. The molecule has 2 unspecified atom stereocenters. The second kappa shape index (κ2) is 14.1. The van der Waals surface area contributed by atoms with Crippen molar-refractivity contribution in [3.63, 3.8) is 0 Å². The van der Waals surface area contributed by atoms with Crippen LogP contribution in [0.3, 0.4) is 0 Å². The van der Waals surface area contributed by atoms with E-state index in [9.17, 15) is 40.3 Å². The zero-order valence-corrected chi connectivity index (χ0v) is 24.6. The van der Waals surface area contributed by atoms with Gasteiger partial charge in [-0.05, 0) is 55.3 Å². The molecular formula is C28H32F7N7O4. The number of fused-ring (bicyclic) bond motifs is 1. The number of rotatable bonds is 7. The highest BCUT2D eigenvalue weighted by atomic mass is 19.4. The van der Waals surface area contributed by atoms with E-state index in [4.69, 9.17) is 4.79 Å². The average molecular weight is 664 g/mol. The molecule has 0 bridgehead atoms. The van der Waals surface area contributed by atoms with Crippen LogP contribution >= 0.6 is 0 Å². The Labute approximate surface area is 257 Å². The van der Waals surface area contributed by atoms with Gasteiger partial charge in [-0.2, -0.15) is 27.1 Å². The van der Waals surface area contributed by atoms with Crippen molar-refractivity contribution in [2.24, 2.45) is 5.92 Å². The number of hydrogen-bond acceptors (Lipinski definition) is 8. The van der Waals surface area contributed by atoms with Gasteiger partial charge in [0, 0.05) is 31.6 Å². The maximum Gasteiger partial charge on any atom is 0.408 e. The number of nitrogens with zero attached hydrogens (tertiary/aromatic N) is 5. The van der Waals surface area contributed by atoms with Crippen molar-refractivity contribution in [3.05, 3.63) is 41.1 Å². The van der Waals surface area contributed by atoms with E-state index >= 15 is 0 Å². The van der Waals surface area contributed by atoms with Gasteiger partial charge in [-0.1, -0.05) is 11.6 Å². The van der Waals surface area contributed by atoms with Gasteiger partial charge in [0.2, 0.25) is 11.8 Å². The van der Waals surface area contributed by atoms with Crippen LogP contribution in [0.2, 0.25) is 0 Å². The Morgan fingerprint density at radius 2 is 1.83 bits per heavy atom. The summed E-state index contributed by atoms with van der Waals surface area (Å²) in [5, 5.41) is 16.4. The largest absolute Gasteiger partial charge is 0.408 e. The number of carbonyl (C=O) groups excluding carboxylic acids is 3. The van der Waals surface area contributed by atoms with Gasteiger partial charge in [0.15, 0.2) is 17.6 Å². The van der Waals surface area contributed by atoms with Crippen LogP contribution in [-0.2, 0) is 22.6 Å². The SMILES string of the molecule is CC(F)(F)C=O.FC1(F)CCCCC1.O=C(NCc1cn2ncc(CC3CC(C(F)(F)F)NC3=O)cc2n1)c1nonc1C1CC1. The zero-order valence-electron chi connectivity index (χ0n) is 24.6. The quantitative estimate of drug-likeness (QED) is 0.267. The van der Waals surface area contributed by atoms with E-state index in [0.717, 1.165) is 19.3 Å². The van der Waals surface area contributed by atoms with Gasteiger partial charge in [0.1, 0.15) is 11.7 Å². The summed E-state index contributed by atoms with van der Waals surface area (Å²) in [4.78, 5) is 37.8. The monoisotopic (exact) mass is 663 g/mol. The van der Waals surface area contributed by atoms with Crippen LogP contribution in [0.4, 0.5) is 30.7 Å². The number of aldehydes is 1. The second-order valence-electron chi connectivity index (χ2n) is 11.6. The topological polar surface area (TPSA) is 144 Å². The number of nitrogens with one attached hydrogen (secondary N) is 2. The lowest BCUT2D eigenvalue weighted by Crippen LogP contribution is -2.38. The Balaban J connectivity index is 0.000000285. The van der Waals surface area contributed by atoms with E-state index in [1.165, 1.54) is 10.7 Å². The summed E-state index contributed by atoms with van der Waals surface area (Å²) in [5.41, 5.74) is 2.32. The minimum Gasteiger partial charge on any atom is -0.345 e. The molecule has 3 aromatic rings. The molecule has 2 aliphatic carbocycles. The zero-order chi connectivity index (χ0) is 33.7. The van der Waals surface area contributed by atoms with Crippen molar-refractivity contribution in [1.29, 1.82) is 0 Å². The molecule has 1 aliphatic heterocycles. The first kappa shape index (κ1) is 34.7. The third kappa shape index (κ3) is 9.94. The molecule has 11 nitrogen and oxygen atoms in total. The molecule has 3 aromatic heterocycles. The van der Waals surface area contributed by atoms with Crippen LogP contribution in [-0.4, -0.2) is 67.1 Å². The summed E-state index contributed by atoms with van der Waals surface area (Å²) in [5.74, 6) is -7.06. The molecule has 2 amide bonds. The fraction of sp³-hybridized carbons (Fsp3) is 0.607. The first-order valence-electron chi connectivity index (χ1n) is 14.6. The maximum atomic E-state index is 12.9. The molecular weight excluding hydrogens is 631 g/mol. The first-order chi connectivity index (χ1) is 21.5. The Kier molecular flexibility index (Phi) is 10.7. The number of amides is 2. The molecule has 2 saturated carbocycles. The summed E-state index contributed by atoms with van der Waals surface area (Å²) < 4.78 is 91.3. The summed E-state index contributed by atoms with van der Waals surface area (Å²) in [7, 11) is 0. The summed E-state index contributed by atoms with van der Waals surface area (Å²) in [6.07, 6.45) is 2.66. The minimum absolute atomic E-state index is 0.118. The number of imidazole rings is 1. The van der Waals surface area contributed by atoms with Crippen LogP contribution in [0.5, 0.6) is 0 Å². The number of hydrogen-bond donors (Lipinski definition) is 2. The third-order valence-electron chi connectivity index (χ3n) is 7.43. The van der Waals surface area contributed by atoms with Gasteiger partial charge in [0.05, 0.1) is 24.6 Å². The van der Waals surface area contributed by atoms with E-state index in [1.54, 1.807) is 12.3 Å². The third-order valence-corrected chi connectivity index (χ3v) is 7.43. The van der Waals surface area contributed by atoms with E-state index in [1.807, 2.05) is 5.32 Å². The van der Waals surface area contributed by atoms with Gasteiger partial charge >= 0.3 is 6.18 Å². The van der Waals surface area contributed by atoms with Crippen molar-refractivity contribution < 1.29 is 49.7 Å². The predicted octanol–water partition coefficient (Wildman–Crippen LogP) is 4.96. The highest BCUT2D eigenvalue weighted by Gasteiger charge is 2.47. The molecule has 6 rings (SSSR count). The van der Waals surface area contributed by atoms with Crippen LogP contribution in [0.1, 0.15) is 91.6 Å². The van der Waals surface area contributed by atoms with Crippen LogP contribution in [0.25, 0.3) is 5.65 Å². The molecule has 18 heteroatoms. The molecule has 1 saturated heterocycles. The molecule has 3 aliphatic rings. The van der Waals surface area contributed by atoms with Gasteiger partial charge in [-0.3, -0.25) is 14.4 Å². The molecule has 252 valence electrons. The summed E-state index contributed by atoms with van der Waals surface area (Å²) in [6.45, 7) is 0.660. The second-order valence-corrected chi connectivity index (χ2v) is 11.6. The number of carbonyl (C=O) groups is 3. The molecule has 4 heterocycles. The summed E-state index contributed by atoms with van der Waals surface area (Å²) in [6, 6.07) is -0.155. The molecule has 2 atom stereocenters. The number of halogens is 7. The Hall–Kier alpha value is -4.12. The predicted molar refractivity (Wildman–Crippen MR) is 145 cm³/mol. The molecule has 3 fully saturated rings. The van der Waals surface area contributed by atoms with Crippen molar-refractivity contribution in [3.8, 4) is 0 Å². The van der Waals surface area contributed by atoms with Crippen molar-refractivity contribution in [1.82, 2.24) is 35.5 Å². The van der Waals surface area contributed by atoms with E-state index < -0.39 is 48.1 Å². The Morgan fingerprint density at radius 3 is 2.37 bits per heavy atom. The van der Waals surface area contributed by atoms with Gasteiger partial charge < -0.3 is 10.6 Å². The van der Waals surface area contributed by atoms with Crippen molar-refractivity contribution in [2.45, 2.75) is 101 Å². The smallest absolute Gasteiger partial charge is 0.345 e. The van der Waals surface area contributed by atoms with Crippen LogP contribution < -0.4 is 10.6 Å². The minimum atomic E-state index is -4.46. The van der Waals surface area contributed by atoms with Crippen LogP contribution in [0.15, 0.2) is 23.1 Å². The maximum absolute atomic E-state index is 12.9. The van der Waals surface area contributed by atoms with Gasteiger partial charge in [0.25, 0.3) is 11.8 Å². The van der Waals surface area contributed by atoms with E-state index in [2.05, 4.69) is 30.3 Å².